The van der Waals surface area contributed by atoms with Crippen LogP contribution in [0.4, 0.5) is 0 Å². The Morgan fingerprint density at radius 2 is 2.07 bits per heavy atom. The smallest absolute Gasteiger partial charge is 0.145 e. The van der Waals surface area contributed by atoms with Crippen LogP contribution in [0.2, 0.25) is 0 Å². The summed E-state index contributed by atoms with van der Waals surface area (Å²) in [7, 11) is 0. The number of pyridine rings is 1. The van der Waals surface area contributed by atoms with Crippen molar-refractivity contribution in [3.8, 4) is 5.75 Å². The second kappa shape index (κ2) is 5.60. The minimum Gasteiger partial charge on any atom is -0.484 e. The van der Waals surface area contributed by atoms with Gasteiger partial charge in [-0.3, -0.25) is 4.98 Å². The molecule has 0 amide bonds. The minimum atomic E-state index is 0.231. The zero-order valence-electron chi connectivity index (χ0n) is 8.99. The van der Waals surface area contributed by atoms with E-state index in [0.717, 1.165) is 11.4 Å². The Labute approximate surface area is 85.1 Å². The zero-order valence-corrected chi connectivity index (χ0v) is 8.99. The summed E-state index contributed by atoms with van der Waals surface area (Å²) in [5.74, 6) is 0.828. The highest BCUT2D eigenvalue weighted by atomic mass is 16.6. The molecule has 0 spiro atoms. The molecular formula is C11H17NO2. The number of hydrogen-bond donors (Lipinski definition) is 0. The summed E-state index contributed by atoms with van der Waals surface area (Å²) in [6.45, 7) is 7.36. The summed E-state index contributed by atoms with van der Waals surface area (Å²) in [6, 6.07) is 3.87. The fourth-order valence-corrected chi connectivity index (χ4v) is 0.999. The molecule has 2 heterocycles. The lowest BCUT2D eigenvalue weighted by Crippen LogP contribution is -2.38. The molecule has 1 aromatic rings. The Kier molecular flexibility index (Phi) is 4.40. The van der Waals surface area contributed by atoms with Crippen LogP contribution >= 0.6 is 0 Å². The van der Waals surface area contributed by atoms with E-state index < -0.39 is 0 Å². The van der Waals surface area contributed by atoms with E-state index in [2.05, 4.69) is 4.98 Å². The van der Waals surface area contributed by atoms with Crippen LogP contribution in [-0.2, 0) is 4.74 Å². The van der Waals surface area contributed by atoms with Crippen molar-refractivity contribution in [3.05, 3.63) is 24.0 Å². The standard InChI is InChI=1S/C9H11NO2.C2H6/c1-7-2-3-8(4-10-7)12-9-5-11-6-9;1-2/h2-4,9H,5-6H2,1H3;1-2H3. The van der Waals surface area contributed by atoms with Crippen LogP contribution < -0.4 is 4.74 Å². The molecule has 0 aromatic carbocycles. The molecule has 0 aliphatic carbocycles. The van der Waals surface area contributed by atoms with Gasteiger partial charge in [0.1, 0.15) is 11.9 Å². The quantitative estimate of drug-likeness (QED) is 0.725. The molecular weight excluding hydrogens is 178 g/mol. The molecule has 2 rings (SSSR count). The van der Waals surface area contributed by atoms with Crippen LogP contribution in [0.5, 0.6) is 5.75 Å². The van der Waals surface area contributed by atoms with Crippen LogP contribution in [-0.4, -0.2) is 24.3 Å². The average Bonchev–Trinajstić information content (AvgIpc) is 2.17. The van der Waals surface area contributed by atoms with Gasteiger partial charge in [0.2, 0.25) is 0 Å². The molecule has 0 atom stereocenters. The summed E-state index contributed by atoms with van der Waals surface area (Å²) in [4.78, 5) is 4.12. The number of rotatable bonds is 2. The van der Waals surface area contributed by atoms with E-state index in [9.17, 15) is 0 Å². The molecule has 3 nitrogen and oxygen atoms in total. The van der Waals surface area contributed by atoms with E-state index in [1.165, 1.54) is 0 Å². The molecule has 3 heteroatoms. The van der Waals surface area contributed by atoms with Crippen molar-refractivity contribution in [2.75, 3.05) is 13.2 Å². The highest BCUT2D eigenvalue weighted by Crippen LogP contribution is 2.14. The van der Waals surface area contributed by atoms with E-state index in [4.69, 9.17) is 9.47 Å². The Hall–Kier alpha value is -1.09. The first kappa shape index (κ1) is 11.0. The van der Waals surface area contributed by atoms with Gasteiger partial charge < -0.3 is 9.47 Å². The van der Waals surface area contributed by atoms with Crippen molar-refractivity contribution in [2.24, 2.45) is 0 Å². The summed E-state index contributed by atoms with van der Waals surface area (Å²) in [6.07, 6.45) is 1.97. The Balaban J connectivity index is 0.000000461. The molecule has 0 bridgehead atoms. The maximum absolute atomic E-state index is 5.52. The number of hydrogen-bond acceptors (Lipinski definition) is 3. The molecule has 78 valence electrons. The van der Waals surface area contributed by atoms with E-state index in [1.54, 1.807) is 6.20 Å². The SMILES string of the molecule is CC.Cc1ccc(OC2COC2)cn1. The maximum atomic E-state index is 5.52. The monoisotopic (exact) mass is 195 g/mol. The summed E-state index contributed by atoms with van der Waals surface area (Å²) in [5.41, 5.74) is 1.01. The molecule has 0 unspecified atom stereocenters. The molecule has 1 saturated heterocycles. The van der Waals surface area contributed by atoms with Crippen molar-refractivity contribution < 1.29 is 9.47 Å². The van der Waals surface area contributed by atoms with Crippen molar-refractivity contribution in [1.82, 2.24) is 4.98 Å². The Morgan fingerprint density at radius 1 is 1.36 bits per heavy atom. The lowest BCUT2D eigenvalue weighted by atomic mass is 10.3. The first-order valence-electron chi connectivity index (χ1n) is 5.01. The van der Waals surface area contributed by atoms with Crippen molar-refractivity contribution >= 4 is 0 Å². The van der Waals surface area contributed by atoms with E-state index in [0.29, 0.717) is 13.2 Å². The molecule has 1 aliphatic rings. The summed E-state index contributed by atoms with van der Waals surface area (Å²) >= 11 is 0. The molecule has 0 saturated carbocycles. The lowest BCUT2D eigenvalue weighted by Gasteiger charge is -2.26. The number of nitrogens with zero attached hydrogens (tertiary/aromatic N) is 1. The second-order valence-electron chi connectivity index (χ2n) is 2.91. The van der Waals surface area contributed by atoms with Crippen LogP contribution in [0.1, 0.15) is 19.5 Å². The van der Waals surface area contributed by atoms with Gasteiger partial charge in [0, 0.05) is 5.69 Å². The highest BCUT2D eigenvalue weighted by molar-refractivity contribution is 5.19. The Morgan fingerprint density at radius 3 is 2.50 bits per heavy atom. The fourth-order valence-electron chi connectivity index (χ4n) is 0.999. The third-order valence-corrected chi connectivity index (χ3v) is 1.79. The molecule has 1 aliphatic heterocycles. The van der Waals surface area contributed by atoms with Gasteiger partial charge in [-0.25, -0.2) is 0 Å². The minimum absolute atomic E-state index is 0.231. The van der Waals surface area contributed by atoms with Crippen molar-refractivity contribution in [1.29, 1.82) is 0 Å². The number of ether oxygens (including phenoxy) is 2. The third kappa shape index (κ3) is 3.00. The molecule has 0 radical (unpaired) electrons. The molecule has 0 N–H and O–H groups in total. The lowest BCUT2D eigenvalue weighted by molar-refractivity contribution is -0.0798. The van der Waals surface area contributed by atoms with Gasteiger partial charge in [-0.15, -0.1) is 0 Å². The predicted molar refractivity (Wildman–Crippen MR) is 55.6 cm³/mol. The first-order valence-corrected chi connectivity index (χ1v) is 5.01. The second-order valence-corrected chi connectivity index (χ2v) is 2.91. The van der Waals surface area contributed by atoms with E-state index in [-0.39, 0.29) is 6.10 Å². The maximum Gasteiger partial charge on any atom is 0.145 e. The van der Waals surface area contributed by atoms with Crippen LogP contribution in [0.25, 0.3) is 0 Å². The summed E-state index contributed by atoms with van der Waals surface area (Å²) in [5, 5.41) is 0. The van der Waals surface area contributed by atoms with Gasteiger partial charge in [-0.2, -0.15) is 0 Å². The van der Waals surface area contributed by atoms with Crippen molar-refractivity contribution in [3.63, 3.8) is 0 Å². The van der Waals surface area contributed by atoms with E-state index in [1.807, 2.05) is 32.9 Å². The fraction of sp³-hybridized carbons (Fsp3) is 0.545. The van der Waals surface area contributed by atoms with Crippen LogP contribution in [0.3, 0.4) is 0 Å². The van der Waals surface area contributed by atoms with Gasteiger partial charge in [0.05, 0.1) is 19.4 Å². The Bertz CT molecular complexity index is 254. The van der Waals surface area contributed by atoms with Crippen LogP contribution in [0.15, 0.2) is 18.3 Å². The number of aromatic nitrogens is 1. The third-order valence-electron chi connectivity index (χ3n) is 1.79. The van der Waals surface area contributed by atoms with Gasteiger partial charge in [0.15, 0.2) is 0 Å². The predicted octanol–water partition coefficient (Wildman–Crippen LogP) is 2.19. The zero-order chi connectivity index (χ0) is 10.4. The van der Waals surface area contributed by atoms with Gasteiger partial charge in [0.25, 0.3) is 0 Å². The van der Waals surface area contributed by atoms with Crippen LogP contribution in [0, 0.1) is 6.92 Å². The van der Waals surface area contributed by atoms with Gasteiger partial charge >= 0.3 is 0 Å². The van der Waals surface area contributed by atoms with Gasteiger partial charge in [-0.1, -0.05) is 13.8 Å². The van der Waals surface area contributed by atoms with Crippen molar-refractivity contribution in [2.45, 2.75) is 26.9 Å². The normalized spacial score (nSPS) is 15.1. The average molecular weight is 195 g/mol. The summed E-state index contributed by atoms with van der Waals surface area (Å²) < 4.78 is 10.5. The number of aryl methyl sites for hydroxylation is 1. The first-order chi connectivity index (χ1) is 6.84. The highest BCUT2D eigenvalue weighted by Gasteiger charge is 2.19. The topological polar surface area (TPSA) is 31.4 Å². The molecule has 1 fully saturated rings. The molecule has 14 heavy (non-hydrogen) atoms. The van der Waals surface area contributed by atoms with Gasteiger partial charge in [-0.05, 0) is 19.1 Å². The largest absolute Gasteiger partial charge is 0.484 e. The van der Waals surface area contributed by atoms with E-state index >= 15 is 0 Å². The molecule has 1 aromatic heterocycles.